The lowest BCUT2D eigenvalue weighted by molar-refractivity contribution is 0.0600. The molecular weight excluding hydrogens is 516 g/mol. The summed E-state index contributed by atoms with van der Waals surface area (Å²) in [6.07, 6.45) is 9.54. The molecule has 3 atom stereocenters. The number of nitrogens with zero attached hydrogens (tertiary/aromatic N) is 6. The van der Waals surface area contributed by atoms with Gasteiger partial charge < -0.3 is 10.0 Å². The van der Waals surface area contributed by atoms with E-state index in [1.807, 2.05) is 56.6 Å². The van der Waals surface area contributed by atoms with Gasteiger partial charge in [-0.15, -0.1) is 5.10 Å². The Morgan fingerprint density at radius 2 is 1.93 bits per heavy atom. The smallest absolute Gasteiger partial charge is 0.339 e. The number of aromatic carboxylic acids is 1. The normalized spacial score (nSPS) is 20.3. The van der Waals surface area contributed by atoms with E-state index < -0.39 is 5.97 Å². The number of carboxylic acid groups (broad SMARTS) is 1. The second kappa shape index (κ2) is 11.0. The zero-order valence-electron chi connectivity index (χ0n) is 23.8. The summed E-state index contributed by atoms with van der Waals surface area (Å²) in [5.41, 5.74) is 6.17. The third kappa shape index (κ3) is 5.28. The molecular formula is C32H36N6O3. The van der Waals surface area contributed by atoms with Gasteiger partial charge in [0.2, 0.25) is 0 Å². The lowest BCUT2D eigenvalue weighted by atomic mass is 9.96. The minimum atomic E-state index is -0.991. The molecule has 1 aliphatic heterocycles. The van der Waals surface area contributed by atoms with E-state index in [2.05, 4.69) is 33.3 Å². The molecule has 1 amide bonds. The van der Waals surface area contributed by atoms with Crippen LogP contribution in [0.2, 0.25) is 0 Å². The van der Waals surface area contributed by atoms with E-state index in [0.29, 0.717) is 17.3 Å². The molecule has 1 saturated heterocycles. The highest BCUT2D eigenvalue weighted by Gasteiger charge is 2.46. The standard InChI is InChI=1S/C32H36N6O3/c1-4-8-24-11-5-6-12-37(24)31(39)22-10-7-9-21(15-22)23-13-20(2)14-25(16-23)38-30(28(18-33-38)32(40)41)27-17-26(27)29-19-36(3)35-34-29/h7,9-10,13-16,18-19,24,26-27H,4-6,8,11-12,17H2,1-3H3,(H,40,41). The summed E-state index contributed by atoms with van der Waals surface area (Å²) < 4.78 is 3.43. The summed E-state index contributed by atoms with van der Waals surface area (Å²) in [5, 5.41) is 22.8. The molecule has 2 aromatic carbocycles. The highest BCUT2D eigenvalue weighted by Crippen LogP contribution is 2.55. The van der Waals surface area contributed by atoms with Crippen LogP contribution in [0.5, 0.6) is 0 Å². The van der Waals surface area contributed by atoms with Crippen molar-refractivity contribution in [3.8, 4) is 16.8 Å². The summed E-state index contributed by atoms with van der Waals surface area (Å²) in [6.45, 7) is 5.01. The van der Waals surface area contributed by atoms with Gasteiger partial charge in [0.05, 0.1) is 23.3 Å². The van der Waals surface area contributed by atoms with Gasteiger partial charge in [-0.3, -0.25) is 9.48 Å². The van der Waals surface area contributed by atoms with Crippen LogP contribution in [-0.4, -0.2) is 59.2 Å². The van der Waals surface area contributed by atoms with E-state index >= 15 is 0 Å². The van der Waals surface area contributed by atoms with Gasteiger partial charge in [-0.25, -0.2) is 9.48 Å². The zero-order chi connectivity index (χ0) is 28.7. The van der Waals surface area contributed by atoms with Crippen molar-refractivity contribution in [2.24, 2.45) is 7.05 Å². The minimum absolute atomic E-state index is 0.00850. The third-order valence-corrected chi connectivity index (χ3v) is 8.44. The van der Waals surface area contributed by atoms with Crippen LogP contribution in [0.4, 0.5) is 0 Å². The average molecular weight is 553 g/mol. The number of hydrogen-bond donors (Lipinski definition) is 1. The maximum Gasteiger partial charge on any atom is 0.339 e. The molecule has 41 heavy (non-hydrogen) atoms. The van der Waals surface area contributed by atoms with Gasteiger partial charge in [-0.05, 0) is 80.0 Å². The average Bonchev–Trinajstić information content (AvgIpc) is 3.41. The van der Waals surface area contributed by atoms with E-state index in [1.165, 1.54) is 12.6 Å². The van der Waals surface area contributed by atoms with Crippen molar-refractivity contribution < 1.29 is 14.7 Å². The summed E-state index contributed by atoms with van der Waals surface area (Å²) in [5.74, 6) is -0.794. The largest absolute Gasteiger partial charge is 0.478 e. The molecule has 1 aliphatic carbocycles. The second-order valence-corrected chi connectivity index (χ2v) is 11.5. The number of rotatable bonds is 8. The van der Waals surface area contributed by atoms with Crippen LogP contribution in [0.15, 0.2) is 54.9 Å². The number of piperidine rings is 1. The number of hydrogen-bond acceptors (Lipinski definition) is 5. The van der Waals surface area contributed by atoms with Gasteiger partial charge in [0.25, 0.3) is 5.91 Å². The number of aryl methyl sites for hydroxylation is 2. The predicted molar refractivity (Wildman–Crippen MR) is 155 cm³/mol. The topological polar surface area (TPSA) is 106 Å². The lowest BCUT2D eigenvalue weighted by Gasteiger charge is -2.36. The first-order valence-electron chi connectivity index (χ1n) is 14.5. The van der Waals surface area contributed by atoms with Crippen molar-refractivity contribution in [2.45, 2.75) is 70.3 Å². The van der Waals surface area contributed by atoms with Crippen molar-refractivity contribution in [3.63, 3.8) is 0 Å². The first-order chi connectivity index (χ1) is 19.8. The fourth-order valence-corrected chi connectivity index (χ4v) is 6.40. The van der Waals surface area contributed by atoms with Crippen molar-refractivity contribution in [1.82, 2.24) is 29.7 Å². The summed E-state index contributed by atoms with van der Waals surface area (Å²) in [6, 6.07) is 14.3. The van der Waals surface area contributed by atoms with Crippen LogP contribution < -0.4 is 0 Å². The Morgan fingerprint density at radius 3 is 2.68 bits per heavy atom. The Labute approximate surface area is 239 Å². The molecule has 2 fully saturated rings. The van der Waals surface area contributed by atoms with Crippen LogP contribution in [-0.2, 0) is 7.05 Å². The van der Waals surface area contributed by atoms with Crippen molar-refractivity contribution in [2.75, 3.05) is 6.54 Å². The SMILES string of the molecule is CCCC1CCCCN1C(=O)c1cccc(-c2cc(C)cc(-n3ncc(C(=O)O)c3C3CC3c3cn(C)nn3)c2)c1. The Kier molecular flexibility index (Phi) is 7.19. The van der Waals surface area contributed by atoms with Gasteiger partial charge >= 0.3 is 5.97 Å². The van der Waals surface area contributed by atoms with Crippen LogP contribution >= 0.6 is 0 Å². The fraction of sp³-hybridized carbons (Fsp3) is 0.406. The molecule has 1 N–H and O–H groups in total. The lowest BCUT2D eigenvalue weighted by Crippen LogP contribution is -2.43. The Morgan fingerprint density at radius 1 is 1.07 bits per heavy atom. The maximum absolute atomic E-state index is 13.6. The minimum Gasteiger partial charge on any atom is -0.478 e. The first kappa shape index (κ1) is 26.9. The highest BCUT2D eigenvalue weighted by atomic mass is 16.4. The van der Waals surface area contributed by atoms with E-state index in [1.54, 1.807) is 9.36 Å². The van der Waals surface area contributed by atoms with E-state index in [9.17, 15) is 14.7 Å². The Balaban J connectivity index is 1.34. The number of benzene rings is 2. The molecule has 9 nitrogen and oxygen atoms in total. The van der Waals surface area contributed by atoms with Crippen LogP contribution in [0.3, 0.4) is 0 Å². The summed E-state index contributed by atoms with van der Waals surface area (Å²) in [7, 11) is 1.83. The van der Waals surface area contributed by atoms with Crippen LogP contribution in [0.1, 0.15) is 95.0 Å². The number of carbonyl (C=O) groups excluding carboxylic acids is 1. The molecule has 0 spiro atoms. The van der Waals surface area contributed by atoms with E-state index in [4.69, 9.17) is 0 Å². The zero-order valence-corrected chi connectivity index (χ0v) is 23.8. The van der Waals surface area contributed by atoms with E-state index in [0.717, 1.165) is 66.7 Å². The number of carbonyl (C=O) groups is 2. The van der Waals surface area contributed by atoms with Gasteiger partial charge in [0, 0.05) is 43.2 Å². The highest BCUT2D eigenvalue weighted by molar-refractivity contribution is 5.96. The molecule has 4 aromatic rings. The monoisotopic (exact) mass is 552 g/mol. The molecule has 3 unspecified atom stereocenters. The molecule has 1 saturated carbocycles. The van der Waals surface area contributed by atoms with E-state index in [-0.39, 0.29) is 23.3 Å². The first-order valence-corrected chi connectivity index (χ1v) is 14.5. The van der Waals surface area contributed by atoms with Crippen molar-refractivity contribution >= 4 is 11.9 Å². The predicted octanol–water partition coefficient (Wildman–Crippen LogP) is 5.74. The number of likely N-dealkylation sites (tertiary alicyclic amines) is 1. The molecule has 9 heteroatoms. The molecule has 0 radical (unpaired) electrons. The number of carboxylic acids is 1. The van der Waals surface area contributed by atoms with Crippen molar-refractivity contribution in [3.05, 3.63) is 82.9 Å². The van der Waals surface area contributed by atoms with Crippen LogP contribution in [0.25, 0.3) is 16.8 Å². The molecule has 212 valence electrons. The van der Waals surface area contributed by atoms with Crippen LogP contribution in [0, 0.1) is 6.92 Å². The molecule has 3 heterocycles. The van der Waals surface area contributed by atoms with Gasteiger partial charge in [-0.1, -0.05) is 36.8 Å². The molecule has 0 bridgehead atoms. The quantitative estimate of drug-likeness (QED) is 0.299. The molecule has 2 aliphatic rings. The second-order valence-electron chi connectivity index (χ2n) is 11.5. The fourth-order valence-electron chi connectivity index (χ4n) is 6.40. The summed E-state index contributed by atoms with van der Waals surface area (Å²) in [4.78, 5) is 27.9. The Bertz CT molecular complexity index is 1600. The van der Waals surface area contributed by atoms with Gasteiger partial charge in [-0.2, -0.15) is 5.10 Å². The summed E-state index contributed by atoms with van der Waals surface area (Å²) >= 11 is 0. The van der Waals surface area contributed by atoms with Gasteiger partial charge in [0.15, 0.2) is 0 Å². The molecule has 2 aromatic heterocycles. The van der Waals surface area contributed by atoms with Crippen molar-refractivity contribution in [1.29, 1.82) is 0 Å². The number of aromatic nitrogens is 5. The maximum atomic E-state index is 13.6. The van der Waals surface area contributed by atoms with Gasteiger partial charge in [0.1, 0.15) is 5.56 Å². The number of amides is 1. The third-order valence-electron chi connectivity index (χ3n) is 8.44. The molecule has 6 rings (SSSR count). The Hall–Kier alpha value is -4.27.